The van der Waals surface area contributed by atoms with Gasteiger partial charge in [-0.1, -0.05) is 6.07 Å². The highest BCUT2D eigenvalue weighted by atomic mass is 16.5. The number of ketones is 1. The molecule has 0 bridgehead atoms. The third kappa shape index (κ3) is 4.08. The molecule has 5 nitrogen and oxygen atoms in total. The van der Waals surface area contributed by atoms with Crippen molar-refractivity contribution in [2.24, 2.45) is 0 Å². The first-order valence-electron chi connectivity index (χ1n) is 4.87. The van der Waals surface area contributed by atoms with E-state index in [-0.39, 0.29) is 18.1 Å². The number of nitrogens with zero attached hydrogens (tertiary/aromatic N) is 1. The summed E-state index contributed by atoms with van der Waals surface area (Å²) in [4.78, 5) is 25.8. The zero-order valence-electron chi connectivity index (χ0n) is 9.32. The summed E-state index contributed by atoms with van der Waals surface area (Å²) >= 11 is 0. The van der Waals surface area contributed by atoms with Gasteiger partial charge in [0.25, 0.3) is 0 Å². The van der Waals surface area contributed by atoms with Gasteiger partial charge in [-0.25, -0.2) is 4.98 Å². The van der Waals surface area contributed by atoms with Crippen LogP contribution >= 0.6 is 0 Å². The maximum atomic E-state index is 11.2. The number of Topliss-reactive ketones (excluding diaryl/α,β-unsaturated/α-hetero) is 1. The van der Waals surface area contributed by atoms with Crippen molar-refractivity contribution in [3.8, 4) is 5.88 Å². The van der Waals surface area contributed by atoms with Gasteiger partial charge in [-0.15, -0.1) is 0 Å². The molecular formula is C11H14N2O3. The number of rotatable bonds is 5. The van der Waals surface area contributed by atoms with Crippen LogP contribution in [0, 0.1) is 0 Å². The van der Waals surface area contributed by atoms with E-state index in [0.717, 1.165) is 5.56 Å². The molecule has 0 spiro atoms. The second kappa shape index (κ2) is 5.85. The predicted octanol–water partition coefficient (Wildman–Crippen LogP) is 0.685. The number of hydrogen-bond acceptors (Lipinski definition) is 4. The predicted molar refractivity (Wildman–Crippen MR) is 57.9 cm³/mol. The van der Waals surface area contributed by atoms with Crippen LogP contribution in [0.2, 0.25) is 0 Å². The van der Waals surface area contributed by atoms with E-state index >= 15 is 0 Å². The first kappa shape index (κ1) is 12.2. The first-order chi connectivity index (χ1) is 7.61. The molecule has 1 heterocycles. The fourth-order valence-electron chi connectivity index (χ4n) is 1.13. The lowest BCUT2D eigenvalue weighted by Gasteiger charge is -2.04. The Morgan fingerprint density at radius 3 is 2.69 bits per heavy atom. The van der Waals surface area contributed by atoms with Crippen LogP contribution in [-0.2, 0) is 16.1 Å². The van der Waals surface area contributed by atoms with E-state index in [0.29, 0.717) is 12.4 Å². The molecule has 0 atom stereocenters. The molecule has 0 aliphatic heterocycles. The van der Waals surface area contributed by atoms with E-state index in [2.05, 4.69) is 10.3 Å². The van der Waals surface area contributed by atoms with E-state index in [1.807, 2.05) is 0 Å². The highest BCUT2D eigenvalue weighted by molar-refractivity contribution is 5.96. The Labute approximate surface area is 93.8 Å². The molecule has 0 radical (unpaired) electrons. The smallest absolute Gasteiger partial charge is 0.227 e. The largest absolute Gasteiger partial charge is 0.481 e. The second-order valence-corrected chi connectivity index (χ2v) is 3.36. The molecule has 86 valence electrons. The van der Waals surface area contributed by atoms with E-state index in [9.17, 15) is 9.59 Å². The molecular weight excluding hydrogens is 208 g/mol. The van der Waals surface area contributed by atoms with Crippen molar-refractivity contribution < 1.29 is 14.3 Å². The molecule has 5 heteroatoms. The van der Waals surface area contributed by atoms with Gasteiger partial charge in [0, 0.05) is 18.8 Å². The van der Waals surface area contributed by atoms with Gasteiger partial charge in [0.15, 0.2) is 0 Å². The van der Waals surface area contributed by atoms with Gasteiger partial charge in [-0.3, -0.25) is 9.59 Å². The number of hydrogen-bond donors (Lipinski definition) is 1. The van der Waals surface area contributed by atoms with Crippen LogP contribution in [0.1, 0.15) is 18.9 Å². The number of methoxy groups -OCH3 is 1. The highest BCUT2D eigenvalue weighted by Crippen LogP contribution is 2.06. The molecule has 0 aromatic carbocycles. The van der Waals surface area contributed by atoms with Gasteiger partial charge in [0.05, 0.1) is 13.5 Å². The lowest BCUT2D eigenvalue weighted by atomic mass is 10.2. The van der Waals surface area contributed by atoms with Crippen molar-refractivity contribution in [1.29, 1.82) is 0 Å². The molecule has 0 fully saturated rings. The minimum atomic E-state index is -0.275. The van der Waals surface area contributed by atoms with Crippen LogP contribution < -0.4 is 10.1 Å². The average molecular weight is 222 g/mol. The van der Waals surface area contributed by atoms with E-state index in [1.165, 1.54) is 14.0 Å². The van der Waals surface area contributed by atoms with Crippen molar-refractivity contribution in [2.75, 3.05) is 7.11 Å². The Bertz CT molecular complexity index is 373. The monoisotopic (exact) mass is 222 g/mol. The number of nitrogens with one attached hydrogen (secondary N) is 1. The number of pyridine rings is 1. The maximum absolute atomic E-state index is 11.2. The molecule has 0 unspecified atom stereocenters. The van der Waals surface area contributed by atoms with Gasteiger partial charge in [0.2, 0.25) is 11.8 Å². The van der Waals surface area contributed by atoms with Gasteiger partial charge in [-0.2, -0.15) is 0 Å². The summed E-state index contributed by atoms with van der Waals surface area (Å²) in [7, 11) is 1.54. The minimum absolute atomic E-state index is 0.0798. The fourth-order valence-corrected chi connectivity index (χ4v) is 1.13. The van der Waals surface area contributed by atoms with Gasteiger partial charge in [-0.05, 0) is 12.5 Å². The Morgan fingerprint density at radius 2 is 2.19 bits per heavy atom. The van der Waals surface area contributed by atoms with Crippen LogP contribution in [0.4, 0.5) is 0 Å². The van der Waals surface area contributed by atoms with Crippen LogP contribution in [0.5, 0.6) is 5.88 Å². The average Bonchev–Trinajstić information content (AvgIpc) is 2.26. The van der Waals surface area contributed by atoms with E-state index < -0.39 is 0 Å². The van der Waals surface area contributed by atoms with E-state index in [1.54, 1.807) is 18.3 Å². The Hall–Kier alpha value is -1.91. The van der Waals surface area contributed by atoms with Crippen molar-refractivity contribution in [1.82, 2.24) is 10.3 Å². The standard InChI is InChI=1S/C11H14N2O3/c1-8(14)5-10(15)12-6-9-3-4-11(16-2)13-7-9/h3-4,7H,5-6H2,1-2H3,(H,12,15). The molecule has 1 rings (SSSR count). The number of aromatic nitrogens is 1. The zero-order valence-corrected chi connectivity index (χ0v) is 9.32. The number of ether oxygens (including phenoxy) is 1. The van der Waals surface area contributed by atoms with Gasteiger partial charge >= 0.3 is 0 Å². The molecule has 16 heavy (non-hydrogen) atoms. The molecule has 1 aromatic rings. The third-order valence-electron chi connectivity index (χ3n) is 1.91. The maximum Gasteiger partial charge on any atom is 0.227 e. The number of amides is 1. The summed E-state index contributed by atoms with van der Waals surface area (Å²) < 4.78 is 4.90. The van der Waals surface area contributed by atoms with Crippen molar-refractivity contribution in [3.63, 3.8) is 0 Å². The summed E-state index contributed by atoms with van der Waals surface area (Å²) in [5, 5.41) is 2.63. The topological polar surface area (TPSA) is 68.3 Å². The second-order valence-electron chi connectivity index (χ2n) is 3.36. The Kier molecular flexibility index (Phi) is 4.44. The highest BCUT2D eigenvalue weighted by Gasteiger charge is 2.04. The van der Waals surface area contributed by atoms with Crippen LogP contribution in [0.15, 0.2) is 18.3 Å². The van der Waals surface area contributed by atoms with Gasteiger partial charge < -0.3 is 10.1 Å². The molecule has 0 saturated carbocycles. The minimum Gasteiger partial charge on any atom is -0.481 e. The quantitative estimate of drug-likeness (QED) is 0.744. The molecule has 0 aliphatic rings. The van der Waals surface area contributed by atoms with Crippen LogP contribution in [0.25, 0.3) is 0 Å². The van der Waals surface area contributed by atoms with Crippen molar-refractivity contribution in [3.05, 3.63) is 23.9 Å². The van der Waals surface area contributed by atoms with Crippen molar-refractivity contribution >= 4 is 11.7 Å². The molecule has 1 N–H and O–H groups in total. The summed E-state index contributed by atoms with van der Waals surface area (Å²) in [5.74, 6) is 0.104. The van der Waals surface area contributed by atoms with E-state index in [4.69, 9.17) is 4.74 Å². The lowest BCUT2D eigenvalue weighted by Crippen LogP contribution is -2.24. The molecule has 1 aromatic heterocycles. The zero-order chi connectivity index (χ0) is 12.0. The molecule has 1 amide bonds. The lowest BCUT2D eigenvalue weighted by molar-refractivity contribution is -0.127. The normalized spacial score (nSPS) is 9.62. The van der Waals surface area contributed by atoms with Gasteiger partial charge in [0.1, 0.15) is 5.78 Å². The number of carbonyl (C=O) groups is 2. The Balaban J connectivity index is 2.42. The van der Waals surface area contributed by atoms with Crippen molar-refractivity contribution in [2.45, 2.75) is 19.9 Å². The third-order valence-corrected chi connectivity index (χ3v) is 1.91. The molecule has 0 saturated heterocycles. The SMILES string of the molecule is COc1ccc(CNC(=O)CC(C)=O)cn1. The Morgan fingerprint density at radius 1 is 1.44 bits per heavy atom. The molecule has 0 aliphatic carbocycles. The van der Waals surface area contributed by atoms with Crippen LogP contribution in [-0.4, -0.2) is 23.8 Å². The summed E-state index contributed by atoms with van der Waals surface area (Å²) in [6.07, 6.45) is 1.54. The van der Waals surface area contributed by atoms with Crippen LogP contribution in [0.3, 0.4) is 0 Å². The summed E-state index contributed by atoms with van der Waals surface area (Å²) in [6.45, 7) is 1.75. The summed E-state index contributed by atoms with van der Waals surface area (Å²) in [5.41, 5.74) is 0.859. The number of carbonyl (C=O) groups excluding carboxylic acids is 2. The fraction of sp³-hybridized carbons (Fsp3) is 0.364. The summed E-state index contributed by atoms with van der Waals surface area (Å²) in [6, 6.07) is 3.52. The first-order valence-corrected chi connectivity index (χ1v) is 4.87.